The lowest BCUT2D eigenvalue weighted by Gasteiger charge is -2.26. The molecule has 3 heterocycles. The predicted molar refractivity (Wildman–Crippen MR) is 149 cm³/mol. The molecule has 0 bridgehead atoms. The summed E-state index contributed by atoms with van der Waals surface area (Å²) in [7, 11) is 0. The van der Waals surface area contributed by atoms with E-state index in [1.807, 2.05) is 25.1 Å². The minimum atomic E-state index is -0.799. The molecule has 11 heteroatoms. The van der Waals surface area contributed by atoms with Crippen molar-refractivity contribution in [3.63, 3.8) is 0 Å². The molecule has 0 aliphatic carbocycles. The van der Waals surface area contributed by atoms with Gasteiger partial charge in [-0.15, -0.1) is 0 Å². The number of thiazole rings is 1. The number of rotatable bonds is 8. The zero-order valence-corrected chi connectivity index (χ0v) is 22.8. The molecule has 4 aromatic rings. The van der Waals surface area contributed by atoms with Gasteiger partial charge in [0.2, 0.25) is 0 Å². The Morgan fingerprint density at radius 2 is 1.88 bits per heavy atom. The van der Waals surface area contributed by atoms with Crippen LogP contribution in [0.2, 0.25) is 0 Å². The molecule has 2 aromatic heterocycles. The van der Waals surface area contributed by atoms with E-state index >= 15 is 0 Å². The molecule has 0 saturated heterocycles. The van der Waals surface area contributed by atoms with Crippen LogP contribution < -0.4 is 19.6 Å². The fourth-order valence-electron chi connectivity index (χ4n) is 4.54. The minimum absolute atomic E-state index is 0.0189. The number of allylic oxidation sites excluding steroid dienone is 1. The van der Waals surface area contributed by atoms with Crippen LogP contribution in [0.1, 0.15) is 38.1 Å². The Kier molecular flexibility index (Phi) is 7.47. The molecule has 0 spiro atoms. The first kappa shape index (κ1) is 26.8. The fraction of sp³-hybridized carbons (Fsp3) is 0.207. The van der Waals surface area contributed by atoms with Crippen molar-refractivity contribution < 1.29 is 23.6 Å². The van der Waals surface area contributed by atoms with Crippen molar-refractivity contribution in [2.24, 2.45) is 4.99 Å². The molecule has 5 rings (SSSR count). The summed E-state index contributed by atoms with van der Waals surface area (Å²) < 4.78 is 19.0. The van der Waals surface area contributed by atoms with Crippen LogP contribution in [-0.4, -0.2) is 28.7 Å². The highest BCUT2D eigenvalue weighted by molar-refractivity contribution is 7.07. The van der Waals surface area contributed by atoms with Crippen molar-refractivity contribution in [2.75, 3.05) is 13.2 Å². The van der Waals surface area contributed by atoms with Crippen molar-refractivity contribution in [2.45, 2.75) is 26.8 Å². The second kappa shape index (κ2) is 11.1. The lowest BCUT2D eigenvalue weighted by Crippen LogP contribution is -2.40. The molecule has 204 valence electrons. The first-order valence-corrected chi connectivity index (χ1v) is 13.4. The van der Waals surface area contributed by atoms with Crippen molar-refractivity contribution in [1.82, 2.24) is 4.57 Å². The lowest BCUT2D eigenvalue weighted by atomic mass is 9.95. The van der Waals surface area contributed by atoms with E-state index in [2.05, 4.69) is 4.99 Å². The molecule has 0 radical (unpaired) electrons. The van der Waals surface area contributed by atoms with Gasteiger partial charge in [0.1, 0.15) is 23.3 Å². The average molecular weight is 560 g/mol. The third-order valence-electron chi connectivity index (χ3n) is 6.29. The van der Waals surface area contributed by atoms with E-state index in [0.717, 1.165) is 0 Å². The quantitative estimate of drug-likeness (QED) is 0.178. The first-order chi connectivity index (χ1) is 19.3. The van der Waals surface area contributed by atoms with Crippen LogP contribution in [0.25, 0.3) is 17.4 Å². The number of benzene rings is 2. The van der Waals surface area contributed by atoms with Gasteiger partial charge in [0, 0.05) is 29.3 Å². The van der Waals surface area contributed by atoms with Crippen LogP contribution in [0, 0.1) is 10.1 Å². The van der Waals surface area contributed by atoms with Crippen molar-refractivity contribution >= 4 is 29.1 Å². The summed E-state index contributed by atoms with van der Waals surface area (Å²) in [5.41, 5.74) is 1.67. The minimum Gasteiger partial charge on any atom is -0.494 e. The van der Waals surface area contributed by atoms with E-state index in [1.54, 1.807) is 50.3 Å². The van der Waals surface area contributed by atoms with Crippen LogP contribution in [0.3, 0.4) is 0 Å². The zero-order chi connectivity index (χ0) is 28.4. The Balaban J connectivity index is 1.62. The molecule has 10 nitrogen and oxygen atoms in total. The number of furan rings is 1. The molecular formula is C29H25N3O7S. The maximum absolute atomic E-state index is 13.8. The normalized spacial score (nSPS) is 15.0. The topological polar surface area (TPSA) is 126 Å². The second-order valence-electron chi connectivity index (χ2n) is 8.78. The van der Waals surface area contributed by atoms with Crippen molar-refractivity contribution in [3.05, 3.63) is 113 Å². The SMILES string of the molecule is CCOC(=O)C1=C(C)N=c2s/c(=C\c3ccc(-c4ccc([N+](=O)[O-])cc4)o3)c(=O)n2[C@@H]1c1ccccc1OCC. The largest absolute Gasteiger partial charge is 0.494 e. The Hall–Kier alpha value is -4.77. The van der Waals surface area contributed by atoms with E-state index in [1.165, 1.54) is 28.0 Å². The summed E-state index contributed by atoms with van der Waals surface area (Å²) >= 11 is 1.18. The van der Waals surface area contributed by atoms with Crippen LogP contribution >= 0.6 is 11.3 Å². The van der Waals surface area contributed by atoms with E-state index in [9.17, 15) is 19.7 Å². The molecule has 2 aromatic carbocycles. The van der Waals surface area contributed by atoms with E-state index in [-0.39, 0.29) is 23.4 Å². The number of nitro groups is 1. The van der Waals surface area contributed by atoms with Crippen LogP contribution in [0.5, 0.6) is 5.75 Å². The summed E-state index contributed by atoms with van der Waals surface area (Å²) in [6, 6.07) is 15.9. The number of aromatic nitrogens is 1. The molecule has 0 amide bonds. The summed E-state index contributed by atoms with van der Waals surface area (Å²) in [5.74, 6) is 0.928. The number of nitrogens with zero attached hydrogens (tertiary/aromatic N) is 3. The molecule has 40 heavy (non-hydrogen) atoms. The maximum Gasteiger partial charge on any atom is 0.338 e. The van der Waals surface area contributed by atoms with Gasteiger partial charge in [-0.2, -0.15) is 0 Å². The smallest absolute Gasteiger partial charge is 0.338 e. The maximum atomic E-state index is 13.8. The predicted octanol–water partition coefficient (Wildman–Crippen LogP) is 4.37. The van der Waals surface area contributed by atoms with Crippen molar-refractivity contribution in [1.29, 1.82) is 0 Å². The van der Waals surface area contributed by atoms with Crippen molar-refractivity contribution in [3.8, 4) is 17.1 Å². The van der Waals surface area contributed by atoms with Gasteiger partial charge in [0.05, 0.1) is 33.9 Å². The number of hydrogen-bond donors (Lipinski definition) is 0. The van der Waals surface area contributed by atoms with Gasteiger partial charge in [-0.25, -0.2) is 9.79 Å². The third kappa shape index (κ3) is 4.98. The summed E-state index contributed by atoms with van der Waals surface area (Å²) in [5, 5.41) is 11.0. The Labute approximate surface area is 232 Å². The number of carbonyl (C=O) groups excluding carboxylic acids is 1. The molecule has 1 aliphatic heterocycles. The van der Waals surface area contributed by atoms with Gasteiger partial charge in [-0.1, -0.05) is 29.5 Å². The summed E-state index contributed by atoms with van der Waals surface area (Å²) in [6.45, 7) is 5.90. The Bertz CT molecular complexity index is 1810. The van der Waals surface area contributed by atoms with Crippen LogP contribution in [0.15, 0.2) is 86.1 Å². The van der Waals surface area contributed by atoms with E-state index in [0.29, 0.717) is 50.0 Å². The number of hydrogen-bond acceptors (Lipinski definition) is 9. The highest BCUT2D eigenvalue weighted by Gasteiger charge is 2.35. The third-order valence-corrected chi connectivity index (χ3v) is 7.28. The average Bonchev–Trinajstić information content (AvgIpc) is 3.53. The van der Waals surface area contributed by atoms with Gasteiger partial charge < -0.3 is 13.9 Å². The van der Waals surface area contributed by atoms with Gasteiger partial charge in [0.15, 0.2) is 4.80 Å². The zero-order valence-electron chi connectivity index (χ0n) is 22.0. The number of carbonyl (C=O) groups is 1. The number of para-hydroxylation sites is 1. The monoisotopic (exact) mass is 559 g/mol. The second-order valence-corrected chi connectivity index (χ2v) is 9.79. The summed E-state index contributed by atoms with van der Waals surface area (Å²) in [6.07, 6.45) is 1.62. The standard InChI is InChI=1S/C29H25N3O7S/c1-4-37-23-9-7-6-8-21(23)26-25(28(34)38-5-2)17(3)30-29-31(26)27(33)24(40-29)16-20-14-15-22(39-20)18-10-12-19(13-11-18)32(35)36/h6-16,26H,4-5H2,1-3H3/b24-16-/t26-/m1/s1. The molecule has 0 saturated carbocycles. The van der Waals surface area contributed by atoms with Crippen LogP contribution in [-0.2, 0) is 9.53 Å². The molecular weight excluding hydrogens is 534 g/mol. The molecule has 0 N–H and O–H groups in total. The Morgan fingerprint density at radius 1 is 1.12 bits per heavy atom. The van der Waals surface area contributed by atoms with Gasteiger partial charge in [0.25, 0.3) is 11.2 Å². The van der Waals surface area contributed by atoms with Crippen LogP contribution in [0.4, 0.5) is 5.69 Å². The molecule has 1 atom stereocenters. The summed E-state index contributed by atoms with van der Waals surface area (Å²) in [4.78, 5) is 42.5. The van der Waals surface area contributed by atoms with Gasteiger partial charge in [-0.3, -0.25) is 19.5 Å². The number of nitro benzene ring substituents is 1. The molecule has 1 aliphatic rings. The number of esters is 1. The highest BCUT2D eigenvalue weighted by Crippen LogP contribution is 2.36. The molecule has 0 unspecified atom stereocenters. The number of non-ortho nitro benzene ring substituents is 1. The van der Waals surface area contributed by atoms with Gasteiger partial charge in [-0.05, 0) is 51.1 Å². The fourth-order valence-corrected chi connectivity index (χ4v) is 5.57. The van der Waals surface area contributed by atoms with E-state index in [4.69, 9.17) is 13.9 Å². The lowest BCUT2D eigenvalue weighted by molar-refractivity contribution is -0.384. The first-order valence-electron chi connectivity index (χ1n) is 12.6. The molecule has 0 fully saturated rings. The number of fused-ring (bicyclic) bond motifs is 1. The number of ether oxygens (including phenoxy) is 2. The Morgan fingerprint density at radius 3 is 2.58 bits per heavy atom. The van der Waals surface area contributed by atoms with Gasteiger partial charge >= 0.3 is 5.97 Å². The highest BCUT2D eigenvalue weighted by atomic mass is 32.1. The van der Waals surface area contributed by atoms with E-state index < -0.39 is 16.9 Å².